The van der Waals surface area contributed by atoms with Crippen LogP contribution < -0.4 is 62.0 Å². The molecule has 0 N–H and O–H groups in total. The second-order valence-corrected chi connectivity index (χ2v) is 14.8. The van der Waals surface area contributed by atoms with Crippen LogP contribution in [0.1, 0.15) is 64.7 Å². The molecule has 3 aromatic rings. The van der Waals surface area contributed by atoms with E-state index in [0.29, 0.717) is 22.7 Å². The van der Waals surface area contributed by atoms with Crippen LogP contribution in [0.4, 0.5) is 0 Å². The monoisotopic (exact) mass is 605 g/mol. The van der Waals surface area contributed by atoms with Crippen molar-refractivity contribution in [2.75, 3.05) is 12.3 Å². The molecule has 0 aliphatic heterocycles. The van der Waals surface area contributed by atoms with Gasteiger partial charge in [-0.15, -0.1) is 0 Å². The Balaban J connectivity index is 0.00000441. The summed E-state index contributed by atoms with van der Waals surface area (Å²) in [5.74, 6) is -0.448. The first-order chi connectivity index (χ1) is 18.5. The molecule has 0 amide bonds. The van der Waals surface area contributed by atoms with E-state index < -0.39 is 28.5 Å². The van der Waals surface area contributed by atoms with Crippen molar-refractivity contribution in [3.8, 4) is 0 Å². The van der Waals surface area contributed by atoms with Gasteiger partial charge in [0.15, 0.2) is 0 Å². The van der Waals surface area contributed by atoms with E-state index in [-0.39, 0.29) is 64.0 Å². The smallest absolute Gasteiger partial charge is 0.748 e. The fourth-order valence-electron chi connectivity index (χ4n) is 5.88. The molecule has 1 fully saturated rings. The van der Waals surface area contributed by atoms with E-state index in [1.807, 2.05) is 39.0 Å². The van der Waals surface area contributed by atoms with Crippen LogP contribution >= 0.6 is 7.14 Å². The van der Waals surface area contributed by atoms with Crippen molar-refractivity contribution in [1.29, 1.82) is 0 Å². The summed E-state index contributed by atoms with van der Waals surface area (Å²) in [6.45, 7) is 6.34. The van der Waals surface area contributed by atoms with Gasteiger partial charge in [0.1, 0.15) is 0 Å². The maximum atomic E-state index is 14.8. The maximum Gasteiger partial charge on any atom is 1.00 e. The van der Waals surface area contributed by atoms with Gasteiger partial charge >= 0.3 is 51.4 Å². The number of nitrogens with zero attached hydrogens (tertiary/aromatic N) is 1. The first-order valence-corrected chi connectivity index (χ1v) is 16.8. The van der Waals surface area contributed by atoms with Gasteiger partial charge in [0.05, 0.1) is 15.9 Å². The first kappa shape index (κ1) is 33.6. The van der Waals surface area contributed by atoms with Crippen LogP contribution in [0.5, 0.6) is 0 Å². The summed E-state index contributed by atoms with van der Waals surface area (Å²) < 4.78 is 49.4. The minimum Gasteiger partial charge on any atom is -0.748 e. The van der Waals surface area contributed by atoms with Gasteiger partial charge in [0.25, 0.3) is 0 Å². The molecule has 0 atom stereocenters. The summed E-state index contributed by atoms with van der Waals surface area (Å²) in [5.41, 5.74) is 3.48. The molecule has 0 radical (unpaired) electrons. The van der Waals surface area contributed by atoms with Crippen molar-refractivity contribution < 1.29 is 73.7 Å². The normalized spacial score (nSPS) is 14.6. The van der Waals surface area contributed by atoms with E-state index in [9.17, 15) is 22.3 Å². The van der Waals surface area contributed by atoms with E-state index in [1.54, 1.807) is 48.5 Å². The van der Waals surface area contributed by atoms with Crippen molar-refractivity contribution >= 4 is 33.4 Å². The van der Waals surface area contributed by atoms with Gasteiger partial charge in [-0.3, -0.25) is 9.69 Å². The SMILES string of the molecule is Cc1cc(C)c(C(=O)P(=O)(c2ccccc2)c2ccccc2)c(C)c1CN(CCS(=O)(=O)[O-])C1CCCCC1.[K+]. The number of aryl methyl sites for hydroxylation is 2. The zero-order chi connectivity index (χ0) is 28.2. The summed E-state index contributed by atoms with van der Waals surface area (Å²) in [5, 5.41) is 0.984. The molecule has 0 aromatic heterocycles. The molecule has 40 heavy (non-hydrogen) atoms. The Hall–Kier alpha value is -0.934. The molecular formula is C31H37KNO5PS. The van der Waals surface area contributed by atoms with Gasteiger partial charge < -0.3 is 9.12 Å². The third kappa shape index (κ3) is 7.71. The maximum absolute atomic E-state index is 14.8. The topological polar surface area (TPSA) is 94.6 Å². The van der Waals surface area contributed by atoms with Gasteiger partial charge in [0.2, 0.25) is 12.7 Å². The van der Waals surface area contributed by atoms with Gasteiger partial charge in [-0.2, -0.15) is 0 Å². The molecule has 0 heterocycles. The number of hydrogen-bond donors (Lipinski definition) is 0. The van der Waals surface area contributed by atoms with Gasteiger partial charge in [0, 0.05) is 35.3 Å². The van der Waals surface area contributed by atoms with E-state index in [2.05, 4.69) is 4.90 Å². The first-order valence-electron chi connectivity index (χ1n) is 13.6. The molecule has 1 aliphatic rings. The minimum atomic E-state index is -4.36. The van der Waals surface area contributed by atoms with Crippen molar-refractivity contribution in [1.82, 2.24) is 4.90 Å². The Morgan fingerprint density at radius 2 is 1.43 bits per heavy atom. The zero-order valence-corrected chi connectivity index (χ0v) is 28.8. The molecule has 3 aromatic carbocycles. The van der Waals surface area contributed by atoms with E-state index in [1.165, 1.54) is 0 Å². The minimum absolute atomic E-state index is 0. The molecule has 1 aliphatic carbocycles. The van der Waals surface area contributed by atoms with Crippen molar-refractivity contribution in [3.63, 3.8) is 0 Å². The molecule has 6 nitrogen and oxygen atoms in total. The molecule has 0 unspecified atom stereocenters. The Morgan fingerprint density at radius 3 is 1.93 bits per heavy atom. The Kier molecular flexibility index (Phi) is 12.2. The van der Waals surface area contributed by atoms with Crippen molar-refractivity contribution in [2.45, 2.75) is 65.5 Å². The van der Waals surface area contributed by atoms with Crippen LogP contribution in [0.3, 0.4) is 0 Å². The largest absolute Gasteiger partial charge is 1.00 e. The third-order valence-corrected chi connectivity index (χ3v) is 11.5. The van der Waals surface area contributed by atoms with Crippen LogP contribution in [0.2, 0.25) is 0 Å². The summed E-state index contributed by atoms with van der Waals surface area (Å²) in [7, 11) is -8.06. The Morgan fingerprint density at radius 1 is 0.900 bits per heavy atom. The predicted octanol–water partition coefficient (Wildman–Crippen LogP) is 2.45. The van der Waals surface area contributed by atoms with Crippen LogP contribution in [0, 0.1) is 20.8 Å². The number of rotatable bonds is 10. The summed E-state index contributed by atoms with van der Waals surface area (Å²) in [6.07, 6.45) is 5.19. The molecule has 0 saturated heterocycles. The molecule has 0 bridgehead atoms. The Labute approximate surface area is 281 Å². The molecule has 208 valence electrons. The van der Waals surface area contributed by atoms with E-state index >= 15 is 0 Å². The van der Waals surface area contributed by atoms with Gasteiger partial charge in [-0.25, -0.2) is 8.42 Å². The molecule has 4 rings (SSSR count). The standard InChI is InChI=1S/C31H38NO5PS.K/c1-23-21-24(2)30(31(33)38(34,27-15-9-5-10-16-27)28-17-11-6-12-18-28)25(3)29(23)22-32(19-20-39(35,36)37)26-13-7-4-8-14-26;/h5-6,9-12,15-18,21,26H,4,7-8,13-14,19-20,22H2,1-3H3,(H,35,36,37);/q;+1/p-1. The third-order valence-electron chi connectivity index (χ3n) is 7.95. The Bertz CT molecular complexity index is 1430. The summed E-state index contributed by atoms with van der Waals surface area (Å²) in [6, 6.07) is 20.0. The fourth-order valence-corrected chi connectivity index (χ4v) is 8.95. The molecule has 9 heteroatoms. The predicted molar refractivity (Wildman–Crippen MR) is 157 cm³/mol. The van der Waals surface area contributed by atoms with Crippen LogP contribution in [0.15, 0.2) is 66.7 Å². The second-order valence-electron chi connectivity index (χ2n) is 10.6. The van der Waals surface area contributed by atoms with Crippen LogP contribution in [0.25, 0.3) is 0 Å². The molecular weight excluding hydrogens is 568 g/mol. The van der Waals surface area contributed by atoms with Crippen LogP contribution in [-0.2, 0) is 21.2 Å². The van der Waals surface area contributed by atoms with E-state index in [0.717, 1.165) is 54.4 Å². The summed E-state index contributed by atoms with van der Waals surface area (Å²) in [4.78, 5) is 16.5. The van der Waals surface area contributed by atoms with Crippen molar-refractivity contribution in [2.24, 2.45) is 0 Å². The number of carbonyl (C=O) groups is 1. The quantitative estimate of drug-likeness (QED) is 0.200. The number of benzene rings is 3. The van der Waals surface area contributed by atoms with Crippen LogP contribution in [-0.4, -0.2) is 41.7 Å². The molecule has 0 spiro atoms. The number of carbonyl (C=O) groups excluding carboxylic acids is 1. The second kappa shape index (κ2) is 14.5. The van der Waals surface area contributed by atoms with Gasteiger partial charge in [-0.05, 0) is 55.9 Å². The fraction of sp³-hybridized carbons (Fsp3) is 0.387. The average Bonchev–Trinajstić information content (AvgIpc) is 2.93. The van der Waals surface area contributed by atoms with Crippen molar-refractivity contribution in [3.05, 3.63) is 94.5 Å². The average molecular weight is 606 g/mol. The van der Waals surface area contributed by atoms with E-state index in [4.69, 9.17) is 0 Å². The number of hydrogen-bond acceptors (Lipinski definition) is 6. The van der Waals surface area contributed by atoms with Gasteiger partial charge in [-0.1, -0.05) is 86.0 Å². The molecule has 1 saturated carbocycles. The zero-order valence-electron chi connectivity index (χ0n) is 23.9. The summed E-state index contributed by atoms with van der Waals surface area (Å²) >= 11 is 0.